The van der Waals surface area contributed by atoms with E-state index in [0.717, 1.165) is 55.4 Å². The number of hydrogen-bond acceptors (Lipinski definition) is 5. The molecule has 0 atom stereocenters. The van der Waals surface area contributed by atoms with Crippen LogP contribution < -0.4 is 5.73 Å². The SMILES string of the molecule is NC(=O)Cc1cc(F)ccc1C#Cc1nc(Cc2ccc(C3CCN([B]C=O)CC3)cc2)ncc1C(F)(F)F. The molecular formula is C28H24BF4N4O2. The van der Waals surface area contributed by atoms with Crippen LogP contribution in [0.1, 0.15) is 58.1 Å². The number of carbonyl (C=O) groups is 2. The lowest BCUT2D eigenvalue weighted by molar-refractivity contribution is -0.138. The van der Waals surface area contributed by atoms with E-state index < -0.39 is 29.2 Å². The molecule has 2 heterocycles. The summed E-state index contributed by atoms with van der Waals surface area (Å²) in [5.41, 5.74) is 5.93. The van der Waals surface area contributed by atoms with Crippen molar-refractivity contribution in [2.24, 2.45) is 5.73 Å². The highest BCUT2D eigenvalue weighted by molar-refractivity contribution is 6.64. The summed E-state index contributed by atoms with van der Waals surface area (Å²) >= 11 is 0. The molecule has 0 aliphatic carbocycles. The minimum absolute atomic E-state index is 0.161. The summed E-state index contributed by atoms with van der Waals surface area (Å²) in [7, 11) is 1.56. The van der Waals surface area contributed by atoms with Gasteiger partial charge in [-0.2, -0.15) is 13.2 Å². The minimum atomic E-state index is -4.73. The third-order valence-corrected chi connectivity index (χ3v) is 6.51. The van der Waals surface area contributed by atoms with Crippen molar-refractivity contribution in [3.05, 3.63) is 93.8 Å². The van der Waals surface area contributed by atoms with Crippen LogP contribution in [0.5, 0.6) is 0 Å². The Bertz CT molecular complexity index is 1410. The summed E-state index contributed by atoms with van der Waals surface area (Å²) in [4.78, 5) is 32.0. The van der Waals surface area contributed by atoms with Crippen LogP contribution in [0.2, 0.25) is 0 Å². The number of aromatic nitrogens is 2. The first-order valence-electron chi connectivity index (χ1n) is 12.3. The topological polar surface area (TPSA) is 89.2 Å². The fourth-order valence-corrected chi connectivity index (χ4v) is 4.51. The Kier molecular flexibility index (Phi) is 8.77. The predicted octanol–water partition coefficient (Wildman–Crippen LogP) is 3.64. The highest BCUT2D eigenvalue weighted by Crippen LogP contribution is 2.31. The van der Waals surface area contributed by atoms with Gasteiger partial charge in [-0.1, -0.05) is 30.2 Å². The van der Waals surface area contributed by atoms with Crippen LogP contribution in [-0.4, -0.2) is 47.4 Å². The number of benzene rings is 2. The van der Waals surface area contributed by atoms with Crippen molar-refractivity contribution in [1.29, 1.82) is 0 Å². The van der Waals surface area contributed by atoms with Gasteiger partial charge in [0.05, 0.1) is 12.6 Å². The fourth-order valence-electron chi connectivity index (χ4n) is 4.51. The van der Waals surface area contributed by atoms with Gasteiger partial charge in [0.1, 0.15) is 22.9 Å². The lowest BCUT2D eigenvalue weighted by Crippen LogP contribution is -2.36. The maximum absolute atomic E-state index is 13.6. The van der Waals surface area contributed by atoms with Crippen molar-refractivity contribution in [3.63, 3.8) is 0 Å². The first kappa shape index (κ1) is 28.0. The molecule has 1 amide bonds. The van der Waals surface area contributed by atoms with E-state index in [0.29, 0.717) is 12.1 Å². The van der Waals surface area contributed by atoms with Crippen molar-refractivity contribution in [1.82, 2.24) is 14.8 Å². The van der Waals surface area contributed by atoms with Gasteiger partial charge in [-0.3, -0.25) is 4.79 Å². The molecule has 0 saturated carbocycles. The van der Waals surface area contributed by atoms with E-state index in [2.05, 4.69) is 21.8 Å². The molecule has 199 valence electrons. The number of rotatable bonds is 7. The molecule has 1 aromatic heterocycles. The van der Waals surface area contributed by atoms with E-state index in [-0.39, 0.29) is 29.8 Å². The third kappa shape index (κ3) is 7.51. The molecule has 4 rings (SSSR count). The predicted molar refractivity (Wildman–Crippen MR) is 138 cm³/mol. The van der Waals surface area contributed by atoms with Crippen LogP contribution in [0.3, 0.4) is 0 Å². The van der Waals surface area contributed by atoms with E-state index in [1.54, 1.807) is 7.41 Å². The number of nitrogens with zero attached hydrogens (tertiary/aromatic N) is 3. The molecule has 11 heteroatoms. The molecule has 0 unspecified atom stereocenters. The van der Waals surface area contributed by atoms with Gasteiger partial charge in [0.25, 0.3) is 7.41 Å². The van der Waals surface area contributed by atoms with Crippen molar-refractivity contribution in [2.75, 3.05) is 13.1 Å². The highest BCUT2D eigenvalue weighted by atomic mass is 19.4. The zero-order valence-electron chi connectivity index (χ0n) is 20.8. The Hall–Kier alpha value is -4.04. The molecule has 2 aromatic carbocycles. The maximum Gasteiger partial charge on any atom is 0.420 e. The van der Waals surface area contributed by atoms with Crippen LogP contribution in [0.15, 0.2) is 48.7 Å². The Morgan fingerprint density at radius 3 is 2.49 bits per heavy atom. The first-order valence-corrected chi connectivity index (χ1v) is 12.3. The second kappa shape index (κ2) is 12.2. The number of alkyl halides is 3. The molecular weight excluding hydrogens is 511 g/mol. The zero-order chi connectivity index (χ0) is 28.0. The average molecular weight is 535 g/mol. The number of amides is 1. The van der Waals surface area contributed by atoms with E-state index in [4.69, 9.17) is 5.73 Å². The summed E-state index contributed by atoms with van der Waals surface area (Å²) in [5, 5.41) is 0. The van der Waals surface area contributed by atoms with Gasteiger partial charge in [0.2, 0.25) is 5.91 Å². The number of nitrogens with two attached hydrogens (primary N) is 1. The monoisotopic (exact) mass is 535 g/mol. The van der Waals surface area contributed by atoms with E-state index in [1.165, 1.54) is 6.07 Å². The largest absolute Gasteiger partial charge is 0.420 e. The van der Waals surface area contributed by atoms with Crippen LogP contribution >= 0.6 is 0 Å². The van der Waals surface area contributed by atoms with E-state index in [9.17, 15) is 27.2 Å². The van der Waals surface area contributed by atoms with Crippen LogP contribution in [0.4, 0.5) is 17.6 Å². The summed E-state index contributed by atoms with van der Waals surface area (Å²) in [6.45, 7) is 1.60. The fraction of sp³-hybridized carbons (Fsp3) is 0.286. The van der Waals surface area contributed by atoms with Gasteiger partial charge in [-0.15, -0.1) is 0 Å². The molecule has 1 aliphatic heterocycles. The lowest BCUT2D eigenvalue weighted by atomic mass is 9.84. The van der Waals surface area contributed by atoms with Gasteiger partial charge in [-0.05, 0) is 72.7 Å². The first-order chi connectivity index (χ1) is 18.6. The summed E-state index contributed by atoms with van der Waals surface area (Å²) < 4.78 is 54.6. The Labute approximate surface area is 223 Å². The van der Waals surface area contributed by atoms with Gasteiger partial charge in [0, 0.05) is 18.2 Å². The molecule has 1 fully saturated rings. The molecule has 0 bridgehead atoms. The van der Waals surface area contributed by atoms with Gasteiger partial charge >= 0.3 is 6.18 Å². The molecule has 39 heavy (non-hydrogen) atoms. The molecule has 2 N–H and O–H groups in total. The number of piperidine rings is 1. The average Bonchev–Trinajstić information content (AvgIpc) is 2.88. The molecule has 1 aliphatic rings. The molecule has 1 radical (unpaired) electrons. The van der Waals surface area contributed by atoms with Crippen molar-refractivity contribution in [3.8, 4) is 11.8 Å². The lowest BCUT2D eigenvalue weighted by Gasteiger charge is -2.30. The Balaban J connectivity index is 1.55. The van der Waals surface area contributed by atoms with Crippen LogP contribution in [0.25, 0.3) is 0 Å². The van der Waals surface area contributed by atoms with Gasteiger partial charge < -0.3 is 15.3 Å². The van der Waals surface area contributed by atoms with E-state index in [1.807, 2.05) is 29.1 Å². The van der Waals surface area contributed by atoms with Gasteiger partial charge in [-0.25, -0.2) is 14.4 Å². The molecule has 1 saturated heterocycles. The number of primary amides is 1. The smallest absolute Gasteiger partial charge is 0.369 e. The van der Waals surface area contributed by atoms with Crippen LogP contribution in [-0.2, 0) is 28.6 Å². The number of hydrogen-bond donors (Lipinski definition) is 1. The third-order valence-electron chi connectivity index (χ3n) is 6.51. The van der Waals surface area contributed by atoms with Crippen molar-refractivity contribution < 1.29 is 27.2 Å². The van der Waals surface area contributed by atoms with Crippen molar-refractivity contribution >= 4 is 19.5 Å². The summed E-state index contributed by atoms with van der Waals surface area (Å²) in [6.07, 6.45) is -1.51. The summed E-state index contributed by atoms with van der Waals surface area (Å²) in [5.74, 6) is 4.20. The normalized spacial score (nSPS) is 14.4. The molecule has 6 nitrogen and oxygen atoms in total. The summed E-state index contributed by atoms with van der Waals surface area (Å²) in [6, 6.07) is 11.3. The van der Waals surface area contributed by atoms with Crippen molar-refractivity contribution in [2.45, 2.75) is 37.8 Å². The minimum Gasteiger partial charge on any atom is -0.369 e. The second-order valence-electron chi connectivity index (χ2n) is 9.25. The standard InChI is InChI=1S/C28H24BF4N4O2/c30-23-7-5-20(22(14-23)15-26(34)39)6-8-25-24(28(31,32)33)16-35-27(36-25)13-18-1-3-19(4-2-18)21-9-11-37(12-10-21)29-17-38/h1-5,7,14,16-17,21H,9-13,15H2,(H2,34,39). The number of carbonyl (C=O) groups excluding carboxylic acids is 2. The number of halogens is 4. The Morgan fingerprint density at radius 2 is 1.85 bits per heavy atom. The van der Waals surface area contributed by atoms with Crippen LogP contribution in [0, 0.1) is 17.7 Å². The van der Waals surface area contributed by atoms with Gasteiger partial charge in [0.15, 0.2) is 0 Å². The zero-order valence-corrected chi connectivity index (χ0v) is 20.8. The van der Waals surface area contributed by atoms with E-state index >= 15 is 0 Å². The second-order valence-corrected chi connectivity index (χ2v) is 9.25. The maximum atomic E-state index is 13.6. The molecule has 0 spiro atoms. The molecule has 3 aromatic rings. The highest BCUT2D eigenvalue weighted by Gasteiger charge is 2.34. The Morgan fingerprint density at radius 1 is 1.13 bits per heavy atom. The quantitative estimate of drug-likeness (QED) is 0.216.